The molecule has 0 aliphatic carbocycles. The molecule has 1 amide bonds. The first-order valence-corrected chi connectivity index (χ1v) is 10.7. The molecule has 0 spiro atoms. The normalized spacial score (nSPS) is 27.2. The maximum atomic E-state index is 12.9. The number of hydrogen-bond donors (Lipinski definition) is 1. The minimum Gasteiger partial charge on any atom is -0.333 e. The Morgan fingerprint density at radius 2 is 1.92 bits per heavy atom. The van der Waals surface area contributed by atoms with Crippen molar-refractivity contribution < 1.29 is 13.2 Å². The lowest BCUT2D eigenvalue weighted by molar-refractivity contribution is 0.0602. The van der Waals surface area contributed by atoms with Gasteiger partial charge in [0.05, 0.1) is 11.5 Å². The van der Waals surface area contributed by atoms with Gasteiger partial charge in [-0.3, -0.25) is 9.69 Å². The first kappa shape index (κ1) is 18.4. The molecule has 0 radical (unpaired) electrons. The van der Waals surface area contributed by atoms with E-state index in [-0.39, 0.29) is 29.5 Å². The van der Waals surface area contributed by atoms with Gasteiger partial charge in [-0.05, 0) is 31.5 Å². The summed E-state index contributed by atoms with van der Waals surface area (Å²) >= 11 is 0. The zero-order valence-electron chi connectivity index (χ0n) is 14.9. The average molecular weight is 365 g/mol. The number of amides is 1. The van der Waals surface area contributed by atoms with E-state index in [1.807, 2.05) is 29.2 Å². The summed E-state index contributed by atoms with van der Waals surface area (Å²) in [5.74, 6) is 0.521. The van der Waals surface area contributed by atoms with Crippen molar-refractivity contribution in [1.29, 1.82) is 0 Å². The van der Waals surface area contributed by atoms with Crippen LogP contribution in [0.3, 0.4) is 0 Å². The van der Waals surface area contributed by atoms with Crippen LogP contribution in [0.25, 0.3) is 0 Å². The van der Waals surface area contributed by atoms with E-state index in [1.165, 1.54) is 0 Å². The van der Waals surface area contributed by atoms with Crippen molar-refractivity contribution in [3.63, 3.8) is 0 Å². The van der Waals surface area contributed by atoms with E-state index in [2.05, 4.69) is 24.1 Å². The van der Waals surface area contributed by atoms with E-state index in [9.17, 15) is 13.2 Å². The van der Waals surface area contributed by atoms with E-state index in [0.29, 0.717) is 25.2 Å². The zero-order chi connectivity index (χ0) is 18.0. The Morgan fingerprint density at radius 1 is 1.20 bits per heavy atom. The Kier molecular flexibility index (Phi) is 5.46. The molecular formula is C18H27N3O3S. The number of carbonyl (C=O) groups is 1. The summed E-state index contributed by atoms with van der Waals surface area (Å²) < 4.78 is 23.1. The van der Waals surface area contributed by atoms with Gasteiger partial charge in [-0.15, -0.1) is 0 Å². The van der Waals surface area contributed by atoms with Crippen molar-refractivity contribution in [2.24, 2.45) is 0 Å². The van der Waals surface area contributed by atoms with Crippen LogP contribution in [0.4, 0.5) is 0 Å². The van der Waals surface area contributed by atoms with Crippen LogP contribution in [0, 0.1) is 0 Å². The summed E-state index contributed by atoms with van der Waals surface area (Å²) in [4.78, 5) is 17.0. The van der Waals surface area contributed by atoms with Gasteiger partial charge in [0.2, 0.25) is 0 Å². The van der Waals surface area contributed by atoms with E-state index < -0.39 is 9.84 Å². The maximum absolute atomic E-state index is 12.9. The van der Waals surface area contributed by atoms with Crippen molar-refractivity contribution in [3.05, 3.63) is 35.4 Å². The minimum atomic E-state index is -2.86. The molecule has 1 aromatic rings. The number of piperazine rings is 1. The number of rotatable bonds is 3. The third-order valence-corrected chi connectivity index (χ3v) is 6.92. The Bertz CT molecular complexity index is 721. The first-order chi connectivity index (χ1) is 11.9. The van der Waals surface area contributed by atoms with Crippen LogP contribution in [0.1, 0.15) is 29.8 Å². The van der Waals surface area contributed by atoms with Crippen LogP contribution in [0.5, 0.6) is 0 Å². The summed E-state index contributed by atoms with van der Waals surface area (Å²) in [5.41, 5.74) is 1.77. The minimum absolute atomic E-state index is 0.0731. The number of sulfone groups is 1. The van der Waals surface area contributed by atoms with Crippen LogP contribution in [-0.4, -0.2) is 73.9 Å². The summed E-state index contributed by atoms with van der Waals surface area (Å²) in [6.45, 7) is 7.53. The molecule has 138 valence electrons. The average Bonchev–Trinajstić information content (AvgIpc) is 2.59. The van der Waals surface area contributed by atoms with E-state index in [0.717, 1.165) is 18.7 Å². The molecule has 6 nitrogen and oxygen atoms in total. The molecule has 0 bridgehead atoms. The van der Waals surface area contributed by atoms with Crippen LogP contribution < -0.4 is 5.32 Å². The van der Waals surface area contributed by atoms with Crippen LogP contribution in [0.15, 0.2) is 24.3 Å². The SMILES string of the molecule is CC1NCCN(C(=O)c2cccc(CN3CCS(=O)(=O)CC3)c2)C1C. The van der Waals surface area contributed by atoms with Crippen molar-refractivity contribution in [2.45, 2.75) is 32.5 Å². The Labute approximate surface area is 150 Å². The highest BCUT2D eigenvalue weighted by molar-refractivity contribution is 7.91. The van der Waals surface area contributed by atoms with Crippen molar-refractivity contribution in [3.8, 4) is 0 Å². The van der Waals surface area contributed by atoms with Gasteiger partial charge < -0.3 is 10.2 Å². The van der Waals surface area contributed by atoms with Gasteiger partial charge in [-0.1, -0.05) is 12.1 Å². The van der Waals surface area contributed by atoms with Gasteiger partial charge in [0, 0.05) is 50.4 Å². The lowest BCUT2D eigenvalue weighted by Crippen LogP contribution is -2.57. The standard InChI is InChI=1S/C18H27N3O3S/c1-14-15(2)21(7-6-19-14)18(22)17-5-3-4-16(12-17)13-20-8-10-25(23,24)11-9-20/h3-5,12,14-15,19H,6-11,13H2,1-2H3. The lowest BCUT2D eigenvalue weighted by atomic mass is 10.0. The molecule has 3 rings (SSSR count). The van der Waals surface area contributed by atoms with Crippen LogP contribution in [-0.2, 0) is 16.4 Å². The Hall–Kier alpha value is -1.44. The zero-order valence-corrected chi connectivity index (χ0v) is 15.8. The smallest absolute Gasteiger partial charge is 0.254 e. The highest BCUT2D eigenvalue weighted by Crippen LogP contribution is 2.16. The summed E-state index contributed by atoms with van der Waals surface area (Å²) in [6.07, 6.45) is 0. The largest absolute Gasteiger partial charge is 0.333 e. The Balaban J connectivity index is 1.68. The molecule has 2 unspecified atom stereocenters. The highest BCUT2D eigenvalue weighted by Gasteiger charge is 2.29. The van der Waals surface area contributed by atoms with Crippen molar-refractivity contribution >= 4 is 15.7 Å². The molecule has 25 heavy (non-hydrogen) atoms. The molecule has 2 aliphatic rings. The molecule has 1 aromatic carbocycles. The summed E-state index contributed by atoms with van der Waals surface area (Å²) in [7, 11) is -2.86. The van der Waals surface area contributed by atoms with Gasteiger partial charge >= 0.3 is 0 Å². The molecule has 2 heterocycles. The van der Waals surface area contributed by atoms with E-state index >= 15 is 0 Å². The predicted octanol–water partition coefficient (Wildman–Crippen LogP) is 0.739. The molecule has 2 saturated heterocycles. The van der Waals surface area contributed by atoms with Crippen LogP contribution in [0.2, 0.25) is 0 Å². The third kappa shape index (κ3) is 4.40. The summed E-state index contributed by atoms with van der Waals surface area (Å²) in [5, 5.41) is 3.39. The molecular weight excluding hydrogens is 338 g/mol. The molecule has 2 fully saturated rings. The van der Waals surface area contributed by atoms with E-state index in [4.69, 9.17) is 0 Å². The van der Waals surface area contributed by atoms with Gasteiger partial charge in [0.1, 0.15) is 0 Å². The fraction of sp³-hybridized carbons (Fsp3) is 0.611. The number of nitrogens with one attached hydrogen (secondary N) is 1. The van der Waals surface area contributed by atoms with Gasteiger partial charge in [0.15, 0.2) is 9.84 Å². The molecule has 2 atom stereocenters. The molecule has 7 heteroatoms. The van der Waals surface area contributed by atoms with Crippen molar-refractivity contribution in [1.82, 2.24) is 15.1 Å². The number of nitrogens with zero attached hydrogens (tertiary/aromatic N) is 2. The number of carbonyl (C=O) groups excluding carboxylic acids is 1. The van der Waals surface area contributed by atoms with Gasteiger partial charge in [-0.25, -0.2) is 8.42 Å². The predicted molar refractivity (Wildman–Crippen MR) is 98.3 cm³/mol. The third-order valence-electron chi connectivity index (χ3n) is 5.31. The highest BCUT2D eigenvalue weighted by atomic mass is 32.2. The number of benzene rings is 1. The molecule has 0 aromatic heterocycles. The maximum Gasteiger partial charge on any atom is 0.254 e. The van der Waals surface area contributed by atoms with Gasteiger partial charge in [0.25, 0.3) is 5.91 Å². The van der Waals surface area contributed by atoms with E-state index in [1.54, 1.807) is 0 Å². The second kappa shape index (κ2) is 7.43. The lowest BCUT2D eigenvalue weighted by Gasteiger charge is -2.38. The second-order valence-corrected chi connectivity index (χ2v) is 9.41. The number of hydrogen-bond acceptors (Lipinski definition) is 5. The van der Waals surface area contributed by atoms with Gasteiger partial charge in [-0.2, -0.15) is 0 Å². The molecule has 0 saturated carbocycles. The topological polar surface area (TPSA) is 69.7 Å². The van der Waals surface area contributed by atoms with Crippen LogP contribution >= 0.6 is 0 Å². The fourth-order valence-corrected chi connectivity index (χ4v) is 4.76. The molecule has 2 aliphatic heterocycles. The molecule has 1 N–H and O–H groups in total. The first-order valence-electron chi connectivity index (χ1n) is 8.92. The summed E-state index contributed by atoms with van der Waals surface area (Å²) in [6, 6.07) is 8.19. The van der Waals surface area contributed by atoms with Crippen molar-refractivity contribution in [2.75, 3.05) is 37.7 Å². The monoisotopic (exact) mass is 365 g/mol. The Morgan fingerprint density at radius 3 is 2.64 bits per heavy atom. The second-order valence-electron chi connectivity index (χ2n) is 7.11. The fourth-order valence-electron chi connectivity index (χ4n) is 3.48. The quantitative estimate of drug-likeness (QED) is 0.856.